The van der Waals surface area contributed by atoms with Crippen molar-refractivity contribution in [1.82, 2.24) is 0 Å². The molecule has 0 radical (unpaired) electrons. The summed E-state index contributed by atoms with van der Waals surface area (Å²) in [6, 6.07) is 98.9. The molecular weight excluding hydrogens is 833 g/mol. The van der Waals surface area contributed by atoms with Crippen LogP contribution in [0.4, 0.5) is 34.1 Å². The molecule has 2 aliphatic carbocycles. The van der Waals surface area contributed by atoms with Gasteiger partial charge in [0.25, 0.3) is 0 Å². The highest BCUT2D eigenvalue weighted by Crippen LogP contribution is 2.64. The van der Waals surface area contributed by atoms with Crippen LogP contribution in [0.1, 0.15) is 22.3 Å². The van der Waals surface area contributed by atoms with Crippen molar-refractivity contribution >= 4 is 66.4 Å². The van der Waals surface area contributed by atoms with Crippen LogP contribution in [-0.2, 0) is 5.41 Å². The second kappa shape index (κ2) is 15.6. The first kappa shape index (κ1) is 39.2. The molecule has 69 heavy (non-hydrogen) atoms. The maximum Gasteiger partial charge on any atom is 0.0727 e. The molecule has 1 unspecified atom stereocenters. The molecule has 12 aromatic rings. The van der Waals surface area contributed by atoms with Gasteiger partial charge < -0.3 is 9.80 Å². The number of fused-ring (bicyclic) bond motifs is 13. The average Bonchev–Trinajstić information content (AvgIpc) is 3.88. The Balaban J connectivity index is 1.04. The molecule has 0 heterocycles. The van der Waals surface area contributed by atoms with Crippen molar-refractivity contribution in [3.05, 3.63) is 289 Å². The van der Waals surface area contributed by atoms with Crippen LogP contribution < -0.4 is 9.80 Å². The number of hydrogen-bond acceptors (Lipinski definition) is 2. The molecule has 0 N–H and O–H groups in total. The van der Waals surface area contributed by atoms with E-state index in [1.54, 1.807) is 0 Å². The Labute approximate surface area is 402 Å². The fourth-order valence-corrected chi connectivity index (χ4v) is 11.8. The summed E-state index contributed by atoms with van der Waals surface area (Å²) in [6.45, 7) is 0. The van der Waals surface area contributed by atoms with Crippen LogP contribution in [0, 0.1) is 0 Å². The van der Waals surface area contributed by atoms with E-state index in [-0.39, 0.29) is 0 Å². The van der Waals surface area contributed by atoms with Crippen molar-refractivity contribution in [3.63, 3.8) is 0 Å². The molecule has 0 bridgehead atoms. The number of anilines is 6. The van der Waals surface area contributed by atoms with Crippen molar-refractivity contribution < 1.29 is 0 Å². The van der Waals surface area contributed by atoms with Crippen LogP contribution in [0.2, 0.25) is 0 Å². The lowest BCUT2D eigenvalue weighted by atomic mass is 9.70. The first-order valence-corrected chi connectivity index (χ1v) is 23.9. The lowest BCUT2D eigenvalue weighted by molar-refractivity contribution is 0.793. The van der Waals surface area contributed by atoms with Crippen molar-refractivity contribution in [1.29, 1.82) is 0 Å². The number of para-hydroxylation sites is 1. The van der Waals surface area contributed by atoms with Crippen molar-refractivity contribution in [2.24, 2.45) is 0 Å². The maximum atomic E-state index is 2.52. The molecule has 0 amide bonds. The van der Waals surface area contributed by atoms with E-state index >= 15 is 0 Å². The highest BCUT2D eigenvalue weighted by molar-refractivity contribution is 6.06. The third-order valence-electron chi connectivity index (χ3n) is 14.8. The molecule has 2 nitrogen and oxygen atoms in total. The van der Waals surface area contributed by atoms with Gasteiger partial charge in [-0.1, -0.05) is 200 Å². The summed E-state index contributed by atoms with van der Waals surface area (Å²) in [4.78, 5) is 4.93. The minimum Gasteiger partial charge on any atom is -0.310 e. The summed E-state index contributed by atoms with van der Waals surface area (Å²) in [5.41, 5.74) is 18.7. The smallest absolute Gasteiger partial charge is 0.0727 e. The van der Waals surface area contributed by atoms with Crippen LogP contribution in [0.3, 0.4) is 0 Å². The van der Waals surface area contributed by atoms with E-state index < -0.39 is 5.41 Å². The van der Waals surface area contributed by atoms with Gasteiger partial charge in [-0.3, -0.25) is 0 Å². The maximum absolute atomic E-state index is 2.52. The van der Waals surface area contributed by atoms with E-state index in [9.17, 15) is 0 Å². The zero-order valence-corrected chi connectivity index (χ0v) is 37.8. The summed E-state index contributed by atoms with van der Waals surface area (Å²) in [5, 5.41) is 7.29. The highest BCUT2D eigenvalue weighted by atomic mass is 15.1. The molecule has 12 aromatic carbocycles. The number of benzene rings is 12. The zero-order chi connectivity index (χ0) is 45.5. The highest BCUT2D eigenvalue weighted by Gasteiger charge is 2.52. The zero-order valence-electron chi connectivity index (χ0n) is 37.8. The SMILES string of the molecule is c1ccc(-c2c(N(c3ccc4c(c3)C3(c5ccccc5-c5ccc(N(c6ccccc6)c6ccc7ccccc7c6)cc53)c3ccccc3-4)c3ccc4ccccc4c3)ccc3ccccc23)cc1. The fraction of sp³-hybridized carbons (Fsp3) is 0.0149. The fourth-order valence-electron chi connectivity index (χ4n) is 11.8. The second-order valence-electron chi connectivity index (χ2n) is 18.4. The summed E-state index contributed by atoms with van der Waals surface area (Å²) >= 11 is 0. The Kier molecular flexibility index (Phi) is 8.84. The van der Waals surface area contributed by atoms with Gasteiger partial charge in [0, 0.05) is 34.0 Å². The second-order valence-corrected chi connectivity index (χ2v) is 18.4. The van der Waals surface area contributed by atoms with Gasteiger partial charge in [-0.15, -0.1) is 0 Å². The predicted molar refractivity (Wildman–Crippen MR) is 290 cm³/mol. The van der Waals surface area contributed by atoms with E-state index in [4.69, 9.17) is 0 Å². The molecular formula is C67H44N2. The number of rotatable bonds is 7. The van der Waals surface area contributed by atoms with Gasteiger partial charge in [-0.05, 0) is 149 Å². The lowest BCUT2D eigenvalue weighted by Crippen LogP contribution is -2.26. The normalized spacial score (nSPS) is 14.1. The molecule has 0 saturated heterocycles. The van der Waals surface area contributed by atoms with Gasteiger partial charge in [-0.25, -0.2) is 0 Å². The van der Waals surface area contributed by atoms with Crippen LogP contribution in [0.5, 0.6) is 0 Å². The minimum absolute atomic E-state index is 0.601. The van der Waals surface area contributed by atoms with E-state index in [0.717, 1.165) is 34.1 Å². The minimum atomic E-state index is -0.601. The first-order valence-electron chi connectivity index (χ1n) is 23.9. The van der Waals surface area contributed by atoms with Crippen LogP contribution >= 0.6 is 0 Å². The molecule has 1 spiro atoms. The van der Waals surface area contributed by atoms with Gasteiger partial charge in [0.1, 0.15) is 0 Å². The summed E-state index contributed by atoms with van der Waals surface area (Å²) in [5.74, 6) is 0. The summed E-state index contributed by atoms with van der Waals surface area (Å²) in [6.07, 6.45) is 0. The van der Waals surface area contributed by atoms with Gasteiger partial charge in [-0.2, -0.15) is 0 Å². The van der Waals surface area contributed by atoms with Gasteiger partial charge in [0.2, 0.25) is 0 Å². The number of nitrogens with zero attached hydrogens (tertiary/aromatic N) is 2. The van der Waals surface area contributed by atoms with Crippen LogP contribution in [0.25, 0.3) is 65.7 Å². The Morgan fingerprint density at radius 3 is 1.28 bits per heavy atom. The Bertz CT molecular complexity index is 3970. The van der Waals surface area contributed by atoms with Gasteiger partial charge in [0.05, 0.1) is 11.1 Å². The third-order valence-corrected chi connectivity index (χ3v) is 14.8. The van der Waals surface area contributed by atoms with Crippen LogP contribution in [0.15, 0.2) is 267 Å². The standard InChI is InChI=1S/C67H44N2/c1-3-20-48(21-4-1)66-56-26-12-11-19-47(56)33-40-65(66)69(53-35-32-46-18-8-10-23-50(46)42-53)55-37-39-60-58-28-14-16-30-62(58)67(64(60)44-55)61-29-15-13-27-57(61)59-38-36-54(43-63(59)67)68(51-24-5-2-6-25-51)52-34-31-45-17-7-9-22-49(45)41-52/h1-44H. The molecule has 0 fully saturated rings. The predicted octanol–water partition coefficient (Wildman–Crippen LogP) is 18.1. The molecule has 322 valence electrons. The van der Waals surface area contributed by atoms with Crippen LogP contribution in [-0.4, -0.2) is 0 Å². The van der Waals surface area contributed by atoms with E-state index in [0.29, 0.717) is 0 Å². The van der Waals surface area contributed by atoms with Crippen molar-refractivity contribution in [2.45, 2.75) is 5.41 Å². The number of hydrogen-bond donors (Lipinski definition) is 0. The topological polar surface area (TPSA) is 6.48 Å². The lowest BCUT2D eigenvalue weighted by Gasteiger charge is -2.34. The summed E-state index contributed by atoms with van der Waals surface area (Å²) < 4.78 is 0. The monoisotopic (exact) mass is 876 g/mol. The Hall–Kier alpha value is -8.98. The van der Waals surface area contributed by atoms with Gasteiger partial charge >= 0.3 is 0 Å². The van der Waals surface area contributed by atoms with E-state index in [1.165, 1.54) is 88.0 Å². The molecule has 14 rings (SSSR count). The summed E-state index contributed by atoms with van der Waals surface area (Å²) in [7, 11) is 0. The van der Waals surface area contributed by atoms with Crippen molar-refractivity contribution in [2.75, 3.05) is 9.80 Å². The van der Waals surface area contributed by atoms with Gasteiger partial charge in [0.15, 0.2) is 0 Å². The largest absolute Gasteiger partial charge is 0.310 e. The quantitative estimate of drug-likeness (QED) is 0.157. The Morgan fingerprint density at radius 2 is 0.667 bits per heavy atom. The first-order chi connectivity index (χ1) is 34.2. The molecule has 0 saturated carbocycles. The van der Waals surface area contributed by atoms with E-state index in [2.05, 4.69) is 277 Å². The van der Waals surface area contributed by atoms with E-state index in [1.807, 2.05) is 0 Å². The van der Waals surface area contributed by atoms with Crippen molar-refractivity contribution in [3.8, 4) is 33.4 Å². The molecule has 1 atom stereocenters. The molecule has 2 heteroatoms. The third kappa shape index (κ3) is 5.99. The molecule has 0 aromatic heterocycles. The Morgan fingerprint density at radius 1 is 0.246 bits per heavy atom. The average molecular weight is 877 g/mol. The molecule has 2 aliphatic rings. The molecule has 0 aliphatic heterocycles.